The van der Waals surface area contributed by atoms with E-state index < -0.39 is 10.0 Å². The predicted molar refractivity (Wildman–Crippen MR) is 86.2 cm³/mol. The first-order chi connectivity index (χ1) is 11.1. The average Bonchev–Trinajstić information content (AvgIpc) is 3.39. The highest BCUT2D eigenvalue weighted by Crippen LogP contribution is 2.31. The summed E-state index contributed by atoms with van der Waals surface area (Å²) in [6.07, 6.45) is 9.97. The lowest BCUT2D eigenvalue weighted by Crippen LogP contribution is -2.45. The standard InChI is InChI=1S/C16H23N3O3S/c20-16(18-13-5-2-1-3-6-13)12-19(14-8-9-14)23(21,22)15-7-4-10-17-11-15/h4,7,10-11,13-14H,1-3,5-6,8-9,12H2,(H,18,20). The monoisotopic (exact) mass is 337 g/mol. The van der Waals surface area contributed by atoms with Crippen LogP contribution in [-0.2, 0) is 14.8 Å². The van der Waals surface area contributed by atoms with Crippen LogP contribution in [0.2, 0.25) is 0 Å². The zero-order valence-electron chi connectivity index (χ0n) is 13.1. The van der Waals surface area contributed by atoms with Gasteiger partial charge in [-0.3, -0.25) is 9.78 Å². The smallest absolute Gasteiger partial charge is 0.245 e. The fourth-order valence-electron chi connectivity index (χ4n) is 3.07. The Hall–Kier alpha value is -1.47. The number of hydrogen-bond donors (Lipinski definition) is 1. The predicted octanol–water partition coefficient (Wildman–Crippen LogP) is 1.68. The molecule has 1 aromatic heterocycles. The summed E-state index contributed by atoms with van der Waals surface area (Å²) in [6, 6.07) is 3.26. The van der Waals surface area contributed by atoms with Crippen molar-refractivity contribution in [2.75, 3.05) is 6.54 Å². The number of nitrogens with one attached hydrogen (secondary N) is 1. The minimum absolute atomic E-state index is 0.0580. The minimum Gasteiger partial charge on any atom is -0.352 e. The van der Waals surface area contributed by atoms with Crippen LogP contribution in [0.3, 0.4) is 0 Å². The SMILES string of the molecule is O=C(CN(C1CC1)S(=O)(=O)c1cccnc1)NC1CCCCC1. The van der Waals surface area contributed by atoms with Gasteiger partial charge in [0.25, 0.3) is 0 Å². The van der Waals surface area contributed by atoms with Gasteiger partial charge in [-0.2, -0.15) is 4.31 Å². The molecule has 0 aromatic carbocycles. The third-order valence-corrected chi connectivity index (χ3v) is 6.35. The van der Waals surface area contributed by atoms with Crippen LogP contribution in [0.25, 0.3) is 0 Å². The Morgan fingerprint density at radius 3 is 2.57 bits per heavy atom. The number of pyridine rings is 1. The molecule has 2 fully saturated rings. The fourth-order valence-corrected chi connectivity index (χ4v) is 4.68. The fraction of sp³-hybridized carbons (Fsp3) is 0.625. The molecule has 23 heavy (non-hydrogen) atoms. The summed E-state index contributed by atoms with van der Waals surface area (Å²) in [5.74, 6) is -0.198. The molecular formula is C16H23N3O3S. The number of carbonyl (C=O) groups is 1. The summed E-state index contributed by atoms with van der Waals surface area (Å²) in [5.41, 5.74) is 0. The van der Waals surface area contributed by atoms with Gasteiger partial charge in [0.05, 0.1) is 6.54 Å². The van der Waals surface area contributed by atoms with E-state index in [1.54, 1.807) is 6.07 Å². The lowest BCUT2D eigenvalue weighted by atomic mass is 9.95. The lowest BCUT2D eigenvalue weighted by Gasteiger charge is -2.25. The topological polar surface area (TPSA) is 79.4 Å². The number of nitrogens with zero attached hydrogens (tertiary/aromatic N) is 2. The Labute approximate surface area is 137 Å². The molecule has 1 amide bonds. The normalized spacial score (nSPS) is 19.7. The van der Waals surface area contributed by atoms with E-state index >= 15 is 0 Å². The van der Waals surface area contributed by atoms with Crippen LogP contribution < -0.4 is 5.32 Å². The van der Waals surface area contributed by atoms with Gasteiger partial charge in [0.15, 0.2) is 0 Å². The third-order valence-electron chi connectivity index (χ3n) is 4.46. The maximum absolute atomic E-state index is 12.7. The summed E-state index contributed by atoms with van der Waals surface area (Å²) in [7, 11) is -3.66. The molecule has 0 atom stereocenters. The summed E-state index contributed by atoms with van der Waals surface area (Å²) >= 11 is 0. The second kappa shape index (κ2) is 6.97. The van der Waals surface area contributed by atoms with Gasteiger partial charge in [-0.1, -0.05) is 19.3 Å². The van der Waals surface area contributed by atoms with Crippen molar-refractivity contribution in [1.29, 1.82) is 0 Å². The zero-order valence-corrected chi connectivity index (χ0v) is 14.0. The molecule has 1 aromatic rings. The lowest BCUT2D eigenvalue weighted by molar-refractivity contribution is -0.122. The van der Waals surface area contributed by atoms with E-state index in [1.165, 1.54) is 29.2 Å². The maximum atomic E-state index is 12.7. The van der Waals surface area contributed by atoms with E-state index in [1.807, 2.05) is 0 Å². The Bertz CT molecular complexity index is 638. The van der Waals surface area contributed by atoms with Crippen molar-refractivity contribution in [3.63, 3.8) is 0 Å². The van der Waals surface area contributed by atoms with E-state index in [0.717, 1.165) is 38.5 Å². The highest BCUT2D eigenvalue weighted by Gasteiger charge is 2.39. The molecule has 126 valence electrons. The van der Waals surface area contributed by atoms with Gasteiger partial charge in [-0.15, -0.1) is 0 Å². The van der Waals surface area contributed by atoms with Crippen molar-refractivity contribution in [3.8, 4) is 0 Å². The summed E-state index contributed by atoms with van der Waals surface area (Å²) < 4.78 is 26.8. The highest BCUT2D eigenvalue weighted by molar-refractivity contribution is 7.89. The minimum atomic E-state index is -3.66. The number of amides is 1. The van der Waals surface area contributed by atoms with Crippen molar-refractivity contribution in [3.05, 3.63) is 24.5 Å². The summed E-state index contributed by atoms with van der Waals surface area (Å²) in [6.45, 7) is -0.0988. The van der Waals surface area contributed by atoms with Gasteiger partial charge in [0.1, 0.15) is 4.90 Å². The van der Waals surface area contributed by atoms with Crippen molar-refractivity contribution in [2.24, 2.45) is 0 Å². The van der Waals surface area contributed by atoms with Crippen LogP contribution in [0.4, 0.5) is 0 Å². The van der Waals surface area contributed by atoms with Crippen LogP contribution in [-0.4, -0.2) is 42.2 Å². The molecule has 2 aliphatic rings. The molecule has 0 saturated heterocycles. The van der Waals surface area contributed by atoms with Crippen molar-refractivity contribution >= 4 is 15.9 Å². The molecule has 3 rings (SSSR count). The first-order valence-corrected chi connectivity index (χ1v) is 9.72. The molecule has 1 heterocycles. The second-order valence-electron chi connectivity index (χ2n) is 6.37. The number of sulfonamides is 1. The molecule has 2 saturated carbocycles. The Morgan fingerprint density at radius 2 is 1.96 bits per heavy atom. The van der Waals surface area contributed by atoms with Gasteiger partial charge >= 0.3 is 0 Å². The van der Waals surface area contributed by atoms with E-state index in [0.29, 0.717) is 0 Å². The molecule has 6 nitrogen and oxygen atoms in total. The zero-order chi connectivity index (χ0) is 16.3. The van der Waals surface area contributed by atoms with Gasteiger partial charge in [-0.25, -0.2) is 8.42 Å². The van der Waals surface area contributed by atoms with Crippen molar-refractivity contribution in [1.82, 2.24) is 14.6 Å². The largest absolute Gasteiger partial charge is 0.352 e. The van der Waals surface area contributed by atoms with E-state index in [2.05, 4.69) is 10.3 Å². The van der Waals surface area contributed by atoms with Gasteiger partial charge in [-0.05, 0) is 37.8 Å². The first kappa shape index (κ1) is 16.4. The third kappa shape index (κ3) is 4.09. The Morgan fingerprint density at radius 1 is 1.22 bits per heavy atom. The first-order valence-electron chi connectivity index (χ1n) is 8.28. The van der Waals surface area contributed by atoms with Crippen LogP contribution in [0.5, 0.6) is 0 Å². The van der Waals surface area contributed by atoms with Crippen LogP contribution in [0.1, 0.15) is 44.9 Å². The van der Waals surface area contributed by atoms with E-state index in [9.17, 15) is 13.2 Å². The maximum Gasteiger partial charge on any atom is 0.245 e. The highest BCUT2D eigenvalue weighted by atomic mass is 32.2. The average molecular weight is 337 g/mol. The molecule has 1 N–H and O–H groups in total. The molecule has 0 bridgehead atoms. The molecule has 0 unspecified atom stereocenters. The number of carbonyl (C=O) groups excluding carboxylic acids is 1. The second-order valence-corrected chi connectivity index (χ2v) is 8.26. The number of hydrogen-bond acceptors (Lipinski definition) is 4. The quantitative estimate of drug-likeness (QED) is 0.856. The van der Waals surface area contributed by atoms with Gasteiger partial charge in [0.2, 0.25) is 15.9 Å². The molecular weight excluding hydrogens is 314 g/mol. The molecule has 2 aliphatic carbocycles. The van der Waals surface area contributed by atoms with E-state index in [-0.39, 0.29) is 29.4 Å². The molecule has 0 radical (unpaired) electrons. The van der Waals surface area contributed by atoms with Crippen molar-refractivity contribution < 1.29 is 13.2 Å². The van der Waals surface area contributed by atoms with E-state index in [4.69, 9.17) is 0 Å². The summed E-state index contributed by atoms with van der Waals surface area (Å²) in [4.78, 5) is 16.3. The Kier molecular flexibility index (Phi) is 4.96. The van der Waals surface area contributed by atoms with Crippen molar-refractivity contribution in [2.45, 2.75) is 61.9 Å². The molecule has 0 spiro atoms. The van der Waals surface area contributed by atoms with Crippen LogP contribution >= 0.6 is 0 Å². The molecule has 0 aliphatic heterocycles. The number of aromatic nitrogens is 1. The summed E-state index contributed by atoms with van der Waals surface area (Å²) in [5, 5.41) is 2.99. The van der Waals surface area contributed by atoms with Gasteiger partial charge in [0, 0.05) is 24.5 Å². The van der Waals surface area contributed by atoms with Crippen LogP contribution in [0.15, 0.2) is 29.4 Å². The molecule has 7 heteroatoms. The number of rotatable bonds is 6. The van der Waals surface area contributed by atoms with Crippen LogP contribution in [0, 0.1) is 0 Å². The Balaban J connectivity index is 1.68. The van der Waals surface area contributed by atoms with Gasteiger partial charge < -0.3 is 5.32 Å².